The van der Waals surface area contributed by atoms with Crippen molar-refractivity contribution in [3.63, 3.8) is 0 Å². The molecule has 0 bridgehead atoms. The van der Waals surface area contributed by atoms with Crippen LogP contribution in [-0.4, -0.2) is 12.9 Å². The highest BCUT2D eigenvalue weighted by Crippen LogP contribution is 2.34. The Kier molecular flexibility index (Phi) is 6.77. The summed E-state index contributed by atoms with van der Waals surface area (Å²) in [6.45, 7) is 2.41. The number of carbonyl (C=O) groups is 1. The number of ether oxygens (including phenoxy) is 1. The highest BCUT2D eigenvalue weighted by Gasteiger charge is 2.09. The van der Waals surface area contributed by atoms with Gasteiger partial charge < -0.3 is 4.74 Å². The van der Waals surface area contributed by atoms with Gasteiger partial charge in [0, 0.05) is 16.0 Å². The topological polar surface area (TPSA) is 26.3 Å². The lowest BCUT2D eigenvalue weighted by Gasteiger charge is -2.11. The maximum Gasteiger partial charge on any atom is 0.150 e. The molecule has 0 aliphatic rings. The summed E-state index contributed by atoms with van der Waals surface area (Å²) in [6.07, 6.45) is 4.71. The van der Waals surface area contributed by atoms with Crippen molar-refractivity contribution in [3.8, 4) is 16.2 Å². The highest BCUT2D eigenvalue weighted by atomic mass is 32.1. The molecule has 1 aromatic heterocycles. The van der Waals surface area contributed by atoms with Gasteiger partial charge >= 0.3 is 0 Å². The van der Waals surface area contributed by atoms with E-state index < -0.39 is 0 Å². The van der Waals surface area contributed by atoms with E-state index in [0.29, 0.717) is 17.7 Å². The monoisotopic (exact) mass is 382 g/mol. The molecule has 0 spiro atoms. The molecule has 3 rings (SSSR count). The molecular weight excluding hydrogens is 359 g/mol. The third-order valence-electron chi connectivity index (χ3n) is 4.53. The number of unbranched alkanes of at least 4 members (excludes halogenated alkanes) is 2. The average Bonchev–Trinajstić information content (AvgIpc) is 3.22. The van der Waals surface area contributed by atoms with E-state index in [1.165, 1.54) is 0 Å². The van der Waals surface area contributed by atoms with E-state index in [4.69, 9.17) is 4.74 Å². The molecule has 0 atom stereocenters. The predicted octanol–water partition coefficient (Wildman–Crippen LogP) is 6.47. The zero-order chi connectivity index (χ0) is 19.1. The molecule has 0 saturated heterocycles. The van der Waals surface area contributed by atoms with E-state index in [9.17, 15) is 9.18 Å². The van der Waals surface area contributed by atoms with Gasteiger partial charge in [-0.25, -0.2) is 4.39 Å². The fourth-order valence-corrected chi connectivity index (χ4v) is 3.70. The Labute approximate surface area is 163 Å². The molecule has 2 nitrogen and oxygen atoms in total. The predicted molar refractivity (Wildman–Crippen MR) is 109 cm³/mol. The Morgan fingerprint density at radius 1 is 1.07 bits per heavy atom. The van der Waals surface area contributed by atoms with Gasteiger partial charge in [-0.3, -0.25) is 4.79 Å². The van der Waals surface area contributed by atoms with Gasteiger partial charge in [-0.15, -0.1) is 11.3 Å². The third kappa shape index (κ3) is 5.27. The maximum absolute atomic E-state index is 13.6. The second-order valence-corrected chi connectivity index (χ2v) is 7.54. The molecule has 0 aliphatic carbocycles. The van der Waals surface area contributed by atoms with E-state index in [1.807, 2.05) is 41.8 Å². The number of hydrogen-bond donors (Lipinski definition) is 0. The van der Waals surface area contributed by atoms with Crippen molar-refractivity contribution in [1.82, 2.24) is 0 Å². The number of hydrogen-bond acceptors (Lipinski definition) is 3. The second kappa shape index (κ2) is 9.47. The van der Waals surface area contributed by atoms with Crippen LogP contribution in [0.1, 0.15) is 40.7 Å². The van der Waals surface area contributed by atoms with Gasteiger partial charge in [-0.1, -0.05) is 18.2 Å². The summed E-state index contributed by atoms with van der Waals surface area (Å²) in [5.74, 6) is 0.680. The molecule has 0 saturated carbocycles. The molecule has 3 aromatic rings. The van der Waals surface area contributed by atoms with Gasteiger partial charge in [0.05, 0.1) is 6.61 Å². The first kappa shape index (κ1) is 19.3. The van der Waals surface area contributed by atoms with Gasteiger partial charge in [0.25, 0.3) is 0 Å². The van der Waals surface area contributed by atoms with Crippen molar-refractivity contribution in [3.05, 3.63) is 76.4 Å². The standard InChI is InChI=1S/C23H23FO2S/c1-17-8-9-18(15-21(17)24)6-3-2-4-12-26-22-11-10-19(16-25)14-20(22)23-7-5-13-27-23/h5,7-11,13-16H,2-4,6,12H2,1H3. The first-order chi connectivity index (χ1) is 13.2. The summed E-state index contributed by atoms with van der Waals surface area (Å²) >= 11 is 1.63. The highest BCUT2D eigenvalue weighted by molar-refractivity contribution is 7.13. The van der Waals surface area contributed by atoms with E-state index in [0.717, 1.165) is 53.7 Å². The Hall–Kier alpha value is -2.46. The van der Waals surface area contributed by atoms with E-state index in [1.54, 1.807) is 30.4 Å². The van der Waals surface area contributed by atoms with Crippen LogP contribution in [0.2, 0.25) is 0 Å². The quantitative estimate of drug-likeness (QED) is 0.313. The number of carbonyl (C=O) groups excluding carboxylic acids is 1. The molecule has 1 heterocycles. The molecule has 0 aliphatic heterocycles. The van der Waals surface area contributed by atoms with E-state index >= 15 is 0 Å². The Bertz CT molecular complexity index is 887. The summed E-state index contributed by atoms with van der Waals surface area (Å²) in [5.41, 5.74) is 3.35. The van der Waals surface area contributed by atoms with Crippen LogP contribution in [0.15, 0.2) is 53.9 Å². The molecule has 4 heteroatoms. The maximum atomic E-state index is 13.6. The van der Waals surface area contributed by atoms with Gasteiger partial charge in [0.15, 0.2) is 0 Å². The molecule has 2 aromatic carbocycles. The first-order valence-corrected chi connectivity index (χ1v) is 10.1. The van der Waals surface area contributed by atoms with Crippen molar-refractivity contribution in [2.45, 2.75) is 32.6 Å². The van der Waals surface area contributed by atoms with Crippen LogP contribution in [-0.2, 0) is 6.42 Å². The van der Waals surface area contributed by atoms with Crippen LogP contribution in [0.4, 0.5) is 4.39 Å². The number of rotatable bonds is 9. The fraction of sp³-hybridized carbons (Fsp3) is 0.261. The van der Waals surface area contributed by atoms with Crippen LogP contribution in [0.5, 0.6) is 5.75 Å². The summed E-state index contributed by atoms with van der Waals surface area (Å²) in [4.78, 5) is 12.2. The summed E-state index contributed by atoms with van der Waals surface area (Å²) in [5, 5.41) is 2.01. The van der Waals surface area contributed by atoms with Gasteiger partial charge in [0.1, 0.15) is 17.9 Å². The fourth-order valence-electron chi connectivity index (χ4n) is 2.95. The molecular formula is C23H23FO2S. The minimum absolute atomic E-state index is 0.129. The van der Waals surface area contributed by atoms with Crippen LogP contribution >= 0.6 is 11.3 Å². The van der Waals surface area contributed by atoms with Crippen LogP contribution < -0.4 is 4.74 Å². The number of thiophene rings is 1. The Morgan fingerprint density at radius 3 is 2.70 bits per heavy atom. The molecule has 0 amide bonds. The Morgan fingerprint density at radius 2 is 1.96 bits per heavy atom. The van der Waals surface area contributed by atoms with E-state index in [-0.39, 0.29) is 5.82 Å². The molecule has 27 heavy (non-hydrogen) atoms. The minimum Gasteiger partial charge on any atom is -0.493 e. The average molecular weight is 383 g/mol. The van der Waals surface area contributed by atoms with E-state index in [2.05, 4.69) is 0 Å². The van der Waals surface area contributed by atoms with Crippen LogP contribution in [0.25, 0.3) is 10.4 Å². The normalized spacial score (nSPS) is 10.7. The van der Waals surface area contributed by atoms with Crippen molar-refractivity contribution in [1.29, 1.82) is 0 Å². The largest absolute Gasteiger partial charge is 0.493 e. The SMILES string of the molecule is Cc1ccc(CCCCCOc2ccc(C=O)cc2-c2cccs2)cc1F. The van der Waals surface area contributed by atoms with Crippen LogP contribution in [0.3, 0.4) is 0 Å². The smallest absolute Gasteiger partial charge is 0.150 e. The number of halogens is 1. The van der Waals surface area contributed by atoms with Crippen LogP contribution in [0, 0.1) is 12.7 Å². The summed E-state index contributed by atoms with van der Waals surface area (Å²) < 4.78 is 19.5. The van der Waals surface area contributed by atoms with Gasteiger partial charge in [-0.05, 0) is 79.4 Å². The lowest BCUT2D eigenvalue weighted by Crippen LogP contribution is -2.00. The minimum atomic E-state index is -0.129. The summed E-state index contributed by atoms with van der Waals surface area (Å²) in [7, 11) is 0. The van der Waals surface area contributed by atoms with Gasteiger partial charge in [-0.2, -0.15) is 0 Å². The van der Waals surface area contributed by atoms with Crippen molar-refractivity contribution < 1.29 is 13.9 Å². The lowest BCUT2D eigenvalue weighted by atomic mass is 10.1. The third-order valence-corrected chi connectivity index (χ3v) is 5.43. The van der Waals surface area contributed by atoms with Gasteiger partial charge in [0.2, 0.25) is 0 Å². The number of aldehydes is 1. The summed E-state index contributed by atoms with van der Waals surface area (Å²) in [6, 6.07) is 15.0. The van der Waals surface area contributed by atoms with Crippen molar-refractivity contribution in [2.75, 3.05) is 6.61 Å². The lowest BCUT2D eigenvalue weighted by molar-refractivity contribution is 0.112. The molecule has 140 valence electrons. The molecule has 0 N–H and O–H groups in total. The van der Waals surface area contributed by atoms with Crippen molar-refractivity contribution >= 4 is 17.6 Å². The second-order valence-electron chi connectivity index (χ2n) is 6.59. The Balaban J connectivity index is 1.49. The number of aryl methyl sites for hydroxylation is 2. The first-order valence-electron chi connectivity index (χ1n) is 9.18. The van der Waals surface area contributed by atoms with Crippen molar-refractivity contribution in [2.24, 2.45) is 0 Å². The molecule has 0 unspecified atom stereocenters. The molecule has 0 radical (unpaired) electrons. The zero-order valence-electron chi connectivity index (χ0n) is 15.4. The zero-order valence-corrected chi connectivity index (χ0v) is 16.2. The number of benzene rings is 2. The molecule has 0 fully saturated rings.